The number of halogens is 2. The third-order valence-corrected chi connectivity index (χ3v) is 1.94. The van der Waals surface area contributed by atoms with Crippen molar-refractivity contribution in [2.45, 2.75) is 0 Å². The third-order valence-electron chi connectivity index (χ3n) is 1.16. The van der Waals surface area contributed by atoms with Gasteiger partial charge in [0.25, 0.3) is 0 Å². The van der Waals surface area contributed by atoms with E-state index in [1.807, 2.05) is 0 Å². The molecule has 3 nitrogen and oxygen atoms in total. The maximum Gasteiger partial charge on any atom is 0.355 e. The topological polar surface area (TPSA) is 42.1 Å². The molecule has 1 aromatic heterocycles. The van der Waals surface area contributed by atoms with E-state index >= 15 is 0 Å². The molecule has 0 aliphatic heterocycles. The van der Waals surface area contributed by atoms with Gasteiger partial charge in [0.1, 0.15) is 5.69 Å². The second-order valence-corrected chi connectivity index (χ2v) is 2.61. The molecule has 0 saturated carbocycles. The second-order valence-electron chi connectivity index (χ2n) is 1.82. The Balaban J connectivity index is 3.04. The molecule has 0 aromatic carbocycles. The van der Waals surface area contributed by atoms with Crippen molar-refractivity contribution in [1.82, 2.24) is 4.98 Å². The Labute approximate surface area is 70.7 Å². The highest BCUT2D eigenvalue weighted by molar-refractivity contribution is 9.10. The van der Waals surface area contributed by atoms with Crippen LogP contribution in [0.1, 0.15) is 10.5 Å². The highest BCUT2D eigenvalue weighted by Crippen LogP contribution is 2.19. The summed E-state index contributed by atoms with van der Waals surface area (Å²) < 4.78 is 17.0. The first-order valence-electron chi connectivity index (χ1n) is 2.77. The standard InChI is InChI=1S/C6H5BrFNO2/c1-11-6(10)5-4(7)3(8)2-9-5/h2,9H,1H3. The second kappa shape index (κ2) is 3.04. The van der Waals surface area contributed by atoms with E-state index in [0.29, 0.717) is 0 Å². The van der Waals surface area contributed by atoms with Gasteiger partial charge in [0.05, 0.1) is 11.6 Å². The summed E-state index contributed by atoms with van der Waals surface area (Å²) in [6.07, 6.45) is 1.08. The lowest BCUT2D eigenvalue weighted by atomic mass is 10.4. The van der Waals surface area contributed by atoms with Crippen molar-refractivity contribution >= 4 is 21.9 Å². The minimum Gasteiger partial charge on any atom is -0.464 e. The van der Waals surface area contributed by atoms with Crippen molar-refractivity contribution in [1.29, 1.82) is 0 Å². The quantitative estimate of drug-likeness (QED) is 0.734. The zero-order chi connectivity index (χ0) is 8.43. The SMILES string of the molecule is COC(=O)c1[nH]cc(F)c1Br. The fraction of sp³-hybridized carbons (Fsp3) is 0.167. The van der Waals surface area contributed by atoms with Crippen molar-refractivity contribution < 1.29 is 13.9 Å². The Morgan fingerprint density at radius 1 is 1.82 bits per heavy atom. The van der Waals surface area contributed by atoms with Crippen LogP contribution in [-0.2, 0) is 4.74 Å². The Kier molecular flexibility index (Phi) is 2.28. The van der Waals surface area contributed by atoms with Gasteiger partial charge in [-0.25, -0.2) is 9.18 Å². The highest BCUT2D eigenvalue weighted by atomic mass is 79.9. The summed E-state index contributed by atoms with van der Waals surface area (Å²) >= 11 is 2.88. The van der Waals surface area contributed by atoms with Gasteiger partial charge in [-0.05, 0) is 15.9 Å². The molecule has 0 unspecified atom stereocenters. The molecule has 5 heteroatoms. The Morgan fingerprint density at radius 2 is 2.45 bits per heavy atom. The molecule has 0 atom stereocenters. The molecule has 11 heavy (non-hydrogen) atoms. The van der Waals surface area contributed by atoms with Gasteiger partial charge in [0, 0.05) is 6.20 Å². The predicted molar refractivity (Wildman–Crippen MR) is 39.8 cm³/mol. The smallest absolute Gasteiger partial charge is 0.355 e. The lowest BCUT2D eigenvalue weighted by molar-refractivity contribution is 0.0593. The third kappa shape index (κ3) is 1.42. The number of rotatable bonds is 1. The average molecular weight is 222 g/mol. The molecule has 1 aromatic rings. The van der Waals surface area contributed by atoms with E-state index in [1.54, 1.807) is 0 Å². The number of methoxy groups -OCH3 is 1. The van der Waals surface area contributed by atoms with Gasteiger partial charge < -0.3 is 9.72 Å². The summed E-state index contributed by atoms with van der Waals surface area (Å²) in [7, 11) is 1.23. The van der Waals surface area contributed by atoms with E-state index in [9.17, 15) is 9.18 Å². The molecule has 1 rings (SSSR count). The zero-order valence-corrected chi connectivity index (χ0v) is 7.24. The van der Waals surface area contributed by atoms with E-state index < -0.39 is 11.8 Å². The zero-order valence-electron chi connectivity index (χ0n) is 5.65. The van der Waals surface area contributed by atoms with E-state index in [-0.39, 0.29) is 10.2 Å². The molecule has 0 aliphatic rings. The van der Waals surface area contributed by atoms with E-state index in [0.717, 1.165) is 6.20 Å². The number of hydrogen-bond acceptors (Lipinski definition) is 2. The van der Waals surface area contributed by atoms with Crippen LogP contribution < -0.4 is 0 Å². The number of H-pyrrole nitrogens is 1. The summed E-state index contributed by atoms with van der Waals surface area (Å²) in [6.45, 7) is 0. The largest absolute Gasteiger partial charge is 0.464 e. The highest BCUT2D eigenvalue weighted by Gasteiger charge is 2.15. The Hall–Kier alpha value is -0.840. The van der Waals surface area contributed by atoms with E-state index in [1.165, 1.54) is 7.11 Å². The molecular weight excluding hydrogens is 217 g/mol. The van der Waals surface area contributed by atoms with Crippen LogP contribution in [0.2, 0.25) is 0 Å². The maximum atomic E-state index is 12.5. The average Bonchev–Trinajstić information content (AvgIpc) is 2.32. The Morgan fingerprint density at radius 3 is 2.82 bits per heavy atom. The lowest BCUT2D eigenvalue weighted by Crippen LogP contribution is -2.01. The first kappa shape index (κ1) is 8.26. The fourth-order valence-corrected chi connectivity index (χ4v) is 1.02. The molecule has 0 spiro atoms. The van der Waals surface area contributed by atoms with Crippen LogP contribution >= 0.6 is 15.9 Å². The molecule has 1 heterocycles. The molecule has 60 valence electrons. The molecule has 0 bridgehead atoms. The molecule has 0 radical (unpaired) electrons. The summed E-state index contributed by atoms with van der Waals surface area (Å²) in [5.41, 5.74) is 0.0880. The normalized spacial score (nSPS) is 9.73. The number of carbonyl (C=O) groups is 1. The number of aromatic nitrogens is 1. The van der Waals surface area contributed by atoms with Crippen LogP contribution in [0.25, 0.3) is 0 Å². The number of esters is 1. The summed E-state index contributed by atoms with van der Waals surface area (Å²) in [5.74, 6) is -1.11. The maximum absolute atomic E-state index is 12.5. The number of ether oxygens (including phenoxy) is 1. The van der Waals surface area contributed by atoms with Crippen molar-refractivity contribution in [3.05, 3.63) is 22.2 Å². The van der Waals surface area contributed by atoms with Crippen LogP contribution in [0.15, 0.2) is 10.7 Å². The van der Waals surface area contributed by atoms with Gasteiger partial charge in [-0.1, -0.05) is 0 Å². The number of carbonyl (C=O) groups excluding carboxylic acids is 1. The van der Waals surface area contributed by atoms with Crippen molar-refractivity contribution in [2.24, 2.45) is 0 Å². The minimum absolute atomic E-state index is 0.0880. The van der Waals surface area contributed by atoms with E-state index in [2.05, 4.69) is 25.7 Å². The predicted octanol–water partition coefficient (Wildman–Crippen LogP) is 1.70. The lowest BCUT2D eigenvalue weighted by Gasteiger charge is -1.94. The molecular formula is C6H5BrFNO2. The van der Waals surface area contributed by atoms with Gasteiger partial charge in [0.2, 0.25) is 0 Å². The van der Waals surface area contributed by atoms with Gasteiger partial charge in [-0.3, -0.25) is 0 Å². The van der Waals surface area contributed by atoms with Gasteiger partial charge in [-0.2, -0.15) is 0 Å². The van der Waals surface area contributed by atoms with E-state index in [4.69, 9.17) is 0 Å². The molecule has 0 aliphatic carbocycles. The van der Waals surface area contributed by atoms with Crippen molar-refractivity contribution in [3.8, 4) is 0 Å². The monoisotopic (exact) mass is 221 g/mol. The first-order valence-corrected chi connectivity index (χ1v) is 3.56. The molecule has 0 saturated heterocycles. The van der Waals surface area contributed by atoms with Crippen LogP contribution in [0.3, 0.4) is 0 Å². The first-order chi connectivity index (χ1) is 5.16. The summed E-state index contributed by atoms with van der Waals surface area (Å²) in [6, 6.07) is 0. The van der Waals surface area contributed by atoms with Crippen LogP contribution in [0, 0.1) is 5.82 Å². The van der Waals surface area contributed by atoms with Crippen LogP contribution in [0.5, 0.6) is 0 Å². The Bertz CT molecular complexity index is 284. The van der Waals surface area contributed by atoms with Gasteiger partial charge >= 0.3 is 5.97 Å². The van der Waals surface area contributed by atoms with Crippen LogP contribution in [0.4, 0.5) is 4.39 Å². The van der Waals surface area contributed by atoms with Crippen molar-refractivity contribution in [2.75, 3.05) is 7.11 Å². The van der Waals surface area contributed by atoms with Crippen LogP contribution in [-0.4, -0.2) is 18.1 Å². The number of aromatic amines is 1. The number of nitrogens with one attached hydrogen (secondary N) is 1. The van der Waals surface area contributed by atoms with Crippen molar-refractivity contribution in [3.63, 3.8) is 0 Å². The molecule has 1 N–H and O–H groups in total. The summed E-state index contributed by atoms with van der Waals surface area (Å²) in [5, 5.41) is 0. The molecule has 0 amide bonds. The van der Waals surface area contributed by atoms with Gasteiger partial charge in [-0.15, -0.1) is 0 Å². The number of hydrogen-bond donors (Lipinski definition) is 1. The van der Waals surface area contributed by atoms with Gasteiger partial charge in [0.15, 0.2) is 5.82 Å². The minimum atomic E-state index is -0.597. The fourth-order valence-electron chi connectivity index (χ4n) is 0.632. The summed E-state index contributed by atoms with van der Waals surface area (Å²) in [4.78, 5) is 13.2. The molecule has 0 fully saturated rings.